The molecule has 0 radical (unpaired) electrons. The fraction of sp³-hybridized carbons (Fsp3) is 0.333. The van der Waals surface area contributed by atoms with Crippen LogP contribution in [-0.4, -0.2) is 23.6 Å². The number of hydrogen-bond acceptors (Lipinski definition) is 4. The Labute approximate surface area is 98.4 Å². The van der Waals surface area contributed by atoms with Crippen LogP contribution in [0.15, 0.2) is 18.2 Å². The zero-order valence-corrected chi connectivity index (χ0v) is 9.40. The van der Waals surface area contributed by atoms with Gasteiger partial charge in [0.25, 0.3) is 0 Å². The summed E-state index contributed by atoms with van der Waals surface area (Å²) in [4.78, 5) is 22.5. The van der Waals surface area contributed by atoms with E-state index in [1.165, 1.54) is 0 Å². The molecule has 0 aliphatic carbocycles. The van der Waals surface area contributed by atoms with Crippen LogP contribution in [0.2, 0.25) is 0 Å². The number of hydrogen-bond donors (Lipinski definition) is 2. The van der Waals surface area contributed by atoms with E-state index >= 15 is 0 Å². The van der Waals surface area contributed by atoms with Crippen LogP contribution >= 0.6 is 0 Å². The van der Waals surface area contributed by atoms with Gasteiger partial charge < -0.3 is 15.2 Å². The van der Waals surface area contributed by atoms with Gasteiger partial charge in [-0.25, -0.2) is 4.79 Å². The highest BCUT2D eigenvalue weighted by Gasteiger charge is 2.23. The van der Waals surface area contributed by atoms with Crippen LogP contribution in [0.5, 0.6) is 0 Å². The number of aliphatic hydroxyl groups excluding tert-OH is 1. The lowest BCUT2D eigenvalue weighted by Gasteiger charge is -2.10. The average molecular weight is 235 g/mol. The van der Waals surface area contributed by atoms with E-state index in [0.29, 0.717) is 5.56 Å². The van der Waals surface area contributed by atoms with Crippen LogP contribution in [0.1, 0.15) is 24.2 Å². The highest BCUT2D eigenvalue weighted by molar-refractivity contribution is 5.99. The van der Waals surface area contributed by atoms with E-state index in [1.54, 1.807) is 25.1 Å². The van der Waals surface area contributed by atoms with Gasteiger partial charge in [0.1, 0.15) is 0 Å². The molecule has 5 nitrogen and oxygen atoms in total. The first kappa shape index (κ1) is 11.6. The van der Waals surface area contributed by atoms with Gasteiger partial charge in [-0.2, -0.15) is 0 Å². The van der Waals surface area contributed by atoms with Crippen molar-refractivity contribution < 1.29 is 19.4 Å². The van der Waals surface area contributed by atoms with Crippen molar-refractivity contribution in [1.29, 1.82) is 0 Å². The Morgan fingerprint density at radius 2 is 2.35 bits per heavy atom. The third-order valence-electron chi connectivity index (χ3n) is 2.58. The molecule has 1 aromatic rings. The van der Waals surface area contributed by atoms with Gasteiger partial charge in [0.05, 0.1) is 13.0 Å². The number of amides is 1. The Balaban J connectivity index is 2.21. The summed E-state index contributed by atoms with van der Waals surface area (Å²) in [6.45, 7) is 1.90. The van der Waals surface area contributed by atoms with E-state index in [0.717, 1.165) is 11.3 Å². The lowest BCUT2D eigenvalue weighted by Crippen LogP contribution is -2.15. The number of aliphatic hydroxyl groups is 1. The molecular weight excluding hydrogens is 222 g/mol. The van der Waals surface area contributed by atoms with Gasteiger partial charge in [-0.1, -0.05) is 12.1 Å². The molecule has 1 aromatic carbocycles. The second-order valence-corrected chi connectivity index (χ2v) is 3.80. The number of fused-ring (bicyclic) bond motifs is 1. The number of anilines is 1. The second kappa shape index (κ2) is 4.55. The van der Waals surface area contributed by atoms with Crippen LogP contribution < -0.4 is 5.32 Å². The smallest absolute Gasteiger partial charge is 0.339 e. The van der Waals surface area contributed by atoms with Gasteiger partial charge >= 0.3 is 5.97 Å². The molecule has 5 heteroatoms. The van der Waals surface area contributed by atoms with Gasteiger partial charge in [0, 0.05) is 5.69 Å². The van der Waals surface area contributed by atoms with E-state index < -0.39 is 12.1 Å². The third-order valence-corrected chi connectivity index (χ3v) is 2.58. The highest BCUT2D eigenvalue weighted by atomic mass is 16.5. The quantitative estimate of drug-likeness (QED) is 0.759. The molecule has 1 heterocycles. The summed E-state index contributed by atoms with van der Waals surface area (Å²) >= 11 is 0. The molecule has 2 rings (SSSR count). The molecule has 1 aliphatic heterocycles. The van der Waals surface area contributed by atoms with Crippen molar-refractivity contribution in [3.63, 3.8) is 0 Å². The van der Waals surface area contributed by atoms with Gasteiger partial charge in [0.15, 0.2) is 6.10 Å². The molecule has 1 aliphatic rings. The number of carbonyl (C=O) groups is 2. The summed E-state index contributed by atoms with van der Waals surface area (Å²) in [5.41, 5.74) is 1.96. The molecule has 1 amide bonds. The Hall–Kier alpha value is -1.88. The van der Waals surface area contributed by atoms with Crippen LogP contribution in [0.25, 0.3) is 0 Å². The SMILES string of the molecule is CCOC(=O)C(O)c1ccc2c(c1)CC(=O)N2. The van der Waals surface area contributed by atoms with Crippen molar-refractivity contribution >= 4 is 17.6 Å². The lowest BCUT2D eigenvalue weighted by atomic mass is 10.0. The van der Waals surface area contributed by atoms with E-state index in [9.17, 15) is 14.7 Å². The van der Waals surface area contributed by atoms with Crippen molar-refractivity contribution in [2.24, 2.45) is 0 Å². The summed E-state index contributed by atoms with van der Waals surface area (Å²) in [5.74, 6) is -0.757. The van der Waals surface area contributed by atoms with Crippen molar-refractivity contribution in [2.75, 3.05) is 11.9 Å². The van der Waals surface area contributed by atoms with Crippen LogP contribution in [-0.2, 0) is 20.7 Å². The summed E-state index contributed by atoms with van der Waals surface area (Å²) < 4.78 is 4.73. The first-order chi connectivity index (χ1) is 8.11. The standard InChI is InChI=1S/C12H13NO4/c1-2-17-12(16)11(15)7-3-4-9-8(5-7)6-10(14)13-9/h3-5,11,15H,2,6H2,1H3,(H,13,14). The van der Waals surface area contributed by atoms with Crippen LogP contribution in [0.4, 0.5) is 5.69 Å². The van der Waals surface area contributed by atoms with Gasteiger partial charge in [-0.05, 0) is 24.1 Å². The number of rotatable bonds is 3. The van der Waals surface area contributed by atoms with E-state index in [1.807, 2.05) is 0 Å². The van der Waals surface area contributed by atoms with Crippen LogP contribution in [0.3, 0.4) is 0 Å². The van der Waals surface area contributed by atoms with Crippen molar-refractivity contribution in [2.45, 2.75) is 19.4 Å². The molecule has 17 heavy (non-hydrogen) atoms. The molecule has 90 valence electrons. The Morgan fingerprint density at radius 3 is 3.06 bits per heavy atom. The number of esters is 1. The maximum atomic E-state index is 11.4. The lowest BCUT2D eigenvalue weighted by molar-refractivity contribution is -0.153. The first-order valence-electron chi connectivity index (χ1n) is 5.39. The van der Waals surface area contributed by atoms with Gasteiger partial charge in [-0.3, -0.25) is 4.79 Å². The predicted octanol–water partition coefficient (Wildman–Crippen LogP) is 0.778. The second-order valence-electron chi connectivity index (χ2n) is 3.80. The molecule has 1 unspecified atom stereocenters. The van der Waals surface area contributed by atoms with E-state index in [4.69, 9.17) is 4.74 Å². The molecule has 0 bridgehead atoms. The number of carbonyl (C=O) groups excluding carboxylic acids is 2. The fourth-order valence-corrected chi connectivity index (χ4v) is 1.78. The summed E-state index contributed by atoms with van der Waals surface area (Å²) in [6, 6.07) is 4.93. The fourth-order valence-electron chi connectivity index (χ4n) is 1.78. The zero-order valence-electron chi connectivity index (χ0n) is 9.40. The molecule has 0 saturated carbocycles. The zero-order chi connectivity index (χ0) is 12.4. The average Bonchev–Trinajstić information content (AvgIpc) is 2.67. The molecule has 0 fully saturated rings. The van der Waals surface area contributed by atoms with E-state index in [2.05, 4.69) is 5.32 Å². The van der Waals surface area contributed by atoms with Gasteiger partial charge in [-0.15, -0.1) is 0 Å². The topological polar surface area (TPSA) is 75.6 Å². The first-order valence-corrected chi connectivity index (χ1v) is 5.39. The monoisotopic (exact) mass is 235 g/mol. The number of benzene rings is 1. The molecule has 0 aromatic heterocycles. The van der Waals surface area contributed by atoms with Crippen molar-refractivity contribution in [1.82, 2.24) is 0 Å². The Morgan fingerprint density at radius 1 is 1.59 bits per heavy atom. The minimum absolute atomic E-state index is 0.0808. The summed E-state index contributed by atoms with van der Waals surface area (Å²) in [7, 11) is 0. The van der Waals surface area contributed by atoms with Crippen molar-refractivity contribution in [3.8, 4) is 0 Å². The van der Waals surface area contributed by atoms with Crippen molar-refractivity contribution in [3.05, 3.63) is 29.3 Å². The maximum absolute atomic E-state index is 11.4. The van der Waals surface area contributed by atoms with E-state index in [-0.39, 0.29) is 18.9 Å². The predicted molar refractivity (Wildman–Crippen MR) is 60.4 cm³/mol. The third kappa shape index (κ3) is 2.29. The number of nitrogens with one attached hydrogen (secondary N) is 1. The largest absolute Gasteiger partial charge is 0.464 e. The minimum Gasteiger partial charge on any atom is -0.464 e. The maximum Gasteiger partial charge on any atom is 0.339 e. The summed E-state index contributed by atoms with van der Waals surface area (Å²) in [5, 5.41) is 12.4. The molecule has 0 spiro atoms. The molecule has 2 N–H and O–H groups in total. The summed E-state index contributed by atoms with van der Waals surface area (Å²) in [6.07, 6.45) is -1.02. The highest BCUT2D eigenvalue weighted by Crippen LogP contribution is 2.26. The Kier molecular flexibility index (Phi) is 3.10. The molecule has 0 saturated heterocycles. The molecular formula is C12H13NO4. The number of ether oxygens (including phenoxy) is 1. The normalized spacial score (nSPS) is 15.1. The Bertz CT molecular complexity index is 470. The van der Waals surface area contributed by atoms with Crippen LogP contribution in [0, 0.1) is 0 Å². The van der Waals surface area contributed by atoms with Gasteiger partial charge in [0.2, 0.25) is 5.91 Å². The molecule has 1 atom stereocenters. The minimum atomic E-state index is -1.30.